The summed E-state index contributed by atoms with van der Waals surface area (Å²) in [5.41, 5.74) is 0.661. The molecular formula is C36H62NO2+. The normalized spacial score (nSPS) is 11.8. The summed E-state index contributed by atoms with van der Waals surface area (Å²) in [5.74, 6) is -0.164. The average Bonchev–Trinajstić information content (AvgIpc) is 2.94. The number of pyridine rings is 1. The largest absolute Gasteiger partial charge is 0.459 e. The number of aromatic nitrogens is 1. The number of esters is 1. The third-order valence-electron chi connectivity index (χ3n) is 7.59. The van der Waals surface area contributed by atoms with Crippen LogP contribution in [0.5, 0.6) is 0 Å². The van der Waals surface area contributed by atoms with Crippen LogP contribution in [0.1, 0.15) is 165 Å². The van der Waals surface area contributed by atoms with Gasteiger partial charge in [0.25, 0.3) is 0 Å². The fourth-order valence-corrected chi connectivity index (χ4v) is 5.08. The molecule has 0 aromatic carbocycles. The van der Waals surface area contributed by atoms with Crippen molar-refractivity contribution in [2.45, 2.75) is 161 Å². The van der Waals surface area contributed by atoms with Gasteiger partial charge in [0.15, 0.2) is 12.4 Å². The van der Waals surface area contributed by atoms with E-state index in [9.17, 15) is 4.79 Å². The molecule has 0 saturated heterocycles. The first-order valence-electron chi connectivity index (χ1n) is 16.6. The van der Waals surface area contributed by atoms with Crippen LogP contribution in [-0.2, 0) is 11.8 Å². The van der Waals surface area contributed by atoms with Crippen LogP contribution in [0, 0.1) is 0 Å². The van der Waals surface area contributed by atoms with Gasteiger partial charge in [-0.25, -0.2) is 9.36 Å². The van der Waals surface area contributed by atoms with E-state index < -0.39 is 0 Å². The van der Waals surface area contributed by atoms with Crippen molar-refractivity contribution < 1.29 is 14.1 Å². The molecule has 3 nitrogen and oxygen atoms in total. The Labute approximate surface area is 242 Å². The minimum absolute atomic E-state index is 0.0545. The van der Waals surface area contributed by atoms with E-state index in [-0.39, 0.29) is 12.1 Å². The standard InChI is InChI=1S/C36H62NO2/c1-4-6-8-10-12-14-16-18-20-22-24-26-28-35(39-36(38)34-30-32-37(3)33-31-34)29-27-25-23-21-19-17-15-13-11-9-7-5-2/h6-9,30-33,35H,4-5,10-29H2,1-3H3/q+1/b8-6-,9-7-. The third-order valence-corrected chi connectivity index (χ3v) is 7.59. The Hall–Kier alpha value is -1.90. The second-order valence-electron chi connectivity index (χ2n) is 11.4. The average molecular weight is 541 g/mol. The molecule has 0 radical (unpaired) electrons. The van der Waals surface area contributed by atoms with Gasteiger partial charge in [0.05, 0.1) is 5.56 Å². The Morgan fingerprint density at radius 1 is 0.641 bits per heavy atom. The van der Waals surface area contributed by atoms with Gasteiger partial charge < -0.3 is 4.74 Å². The molecule has 0 saturated carbocycles. The van der Waals surface area contributed by atoms with Gasteiger partial charge in [-0.05, 0) is 64.2 Å². The maximum atomic E-state index is 12.8. The zero-order valence-corrected chi connectivity index (χ0v) is 26.0. The molecule has 3 heteroatoms. The Bertz CT molecular complexity index is 703. The highest BCUT2D eigenvalue weighted by Gasteiger charge is 2.16. The molecule has 0 aliphatic carbocycles. The minimum Gasteiger partial charge on any atom is -0.459 e. The van der Waals surface area contributed by atoms with Crippen LogP contribution in [0.2, 0.25) is 0 Å². The number of allylic oxidation sites excluding steroid dienone is 4. The van der Waals surface area contributed by atoms with E-state index in [4.69, 9.17) is 4.74 Å². The highest BCUT2D eigenvalue weighted by Crippen LogP contribution is 2.19. The molecule has 0 aliphatic rings. The quantitative estimate of drug-likeness (QED) is 0.0506. The van der Waals surface area contributed by atoms with Gasteiger partial charge in [-0.2, -0.15) is 0 Å². The summed E-state index contributed by atoms with van der Waals surface area (Å²) in [6, 6.07) is 3.72. The number of unbranched alkanes of at least 4 members (excludes halogenated alkanes) is 16. The van der Waals surface area contributed by atoms with Gasteiger partial charge in [-0.15, -0.1) is 0 Å². The molecular weight excluding hydrogens is 478 g/mol. The maximum absolute atomic E-state index is 12.8. The van der Waals surface area contributed by atoms with E-state index >= 15 is 0 Å². The molecule has 39 heavy (non-hydrogen) atoms. The molecule has 1 heterocycles. The van der Waals surface area contributed by atoms with Gasteiger partial charge in [-0.3, -0.25) is 0 Å². The van der Waals surface area contributed by atoms with Gasteiger partial charge in [0.1, 0.15) is 13.2 Å². The SMILES string of the molecule is CC/C=C\CCCCCCCCCCC(CCCCCCCCCC/C=C\CC)OC(=O)c1cc[n+](C)cc1. The summed E-state index contributed by atoms with van der Waals surface area (Å²) in [6.45, 7) is 4.40. The van der Waals surface area contributed by atoms with E-state index in [1.54, 1.807) is 0 Å². The molecule has 0 N–H and O–H groups in total. The lowest BCUT2D eigenvalue weighted by Crippen LogP contribution is -2.27. The zero-order valence-electron chi connectivity index (χ0n) is 26.0. The molecule has 0 aliphatic heterocycles. The van der Waals surface area contributed by atoms with Crippen molar-refractivity contribution in [3.63, 3.8) is 0 Å². The van der Waals surface area contributed by atoms with E-state index in [0.29, 0.717) is 5.56 Å². The summed E-state index contributed by atoms with van der Waals surface area (Å²) < 4.78 is 7.96. The van der Waals surface area contributed by atoms with E-state index in [0.717, 1.165) is 38.5 Å². The summed E-state index contributed by atoms with van der Waals surface area (Å²) in [7, 11) is 1.97. The van der Waals surface area contributed by atoms with Crippen molar-refractivity contribution in [2.24, 2.45) is 7.05 Å². The Balaban J connectivity index is 2.23. The molecule has 0 fully saturated rings. The first-order chi connectivity index (χ1) is 19.2. The summed E-state index contributed by atoms with van der Waals surface area (Å²) in [6.07, 6.45) is 40.9. The minimum atomic E-state index is -0.164. The monoisotopic (exact) mass is 540 g/mol. The van der Waals surface area contributed by atoms with E-state index in [1.165, 1.54) is 103 Å². The molecule has 1 aromatic rings. The third kappa shape index (κ3) is 21.6. The van der Waals surface area contributed by atoms with Crippen molar-refractivity contribution >= 4 is 5.97 Å². The van der Waals surface area contributed by atoms with E-state index in [1.807, 2.05) is 36.1 Å². The van der Waals surface area contributed by atoms with Crippen LogP contribution >= 0.6 is 0 Å². The second-order valence-corrected chi connectivity index (χ2v) is 11.4. The Kier molecular flexibility index (Phi) is 23.7. The molecule has 1 rings (SSSR count). The summed E-state index contributed by atoms with van der Waals surface area (Å²) >= 11 is 0. The van der Waals surface area contributed by atoms with Crippen molar-refractivity contribution in [2.75, 3.05) is 0 Å². The topological polar surface area (TPSA) is 30.2 Å². The number of aryl methyl sites for hydroxylation is 1. The molecule has 1 aromatic heterocycles. The van der Waals surface area contributed by atoms with Crippen LogP contribution < -0.4 is 4.57 Å². The number of rotatable bonds is 26. The van der Waals surface area contributed by atoms with Crippen molar-refractivity contribution in [1.29, 1.82) is 0 Å². The van der Waals surface area contributed by atoms with Gasteiger partial charge in [0.2, 0.25) is 0 Å². The summed E-state index contributed by atoms with van der Waals surface area (Å²) in [4.78, 5) is 12.8. The van der Waals surface area contributed by atoms with Crippen LogP contribution in [0.15, 0.2) is 48.8 Å². The number of hydrogen-bond acceptors (Lipinski definition) is 2. The first kappa shape index (κ1) is 35.1. The number of nitrogens with zero attached hydrogens (tertiary/aromatic N) is 1. The van der Waals surface area contributed by atoms with Crippen LogP contribution in [0.25, 0.3) is 0 Å². The fraction of sp³-hybridized carbons (Fsp3) is 0.722. The number of carbonyl (C=O) groups is 1. The summed E-state index contributed by atoms with van der Waals surface area (Å²) in [5, 5.41) is 0. The maximum Gasteiger partial charge on any atom is 0.338 e. The molecule has 0 atom stereocenters. The van der Waals surface area contributed by atoms with Crippen LogP contribution in [-0.4, -0.2) is 12.1 Å². The fourth-order valence-electron chi connectivity index (χ4n) is 5.08. The number of hydrogen-bond donors (Lipinski definition) is 0. The molecule has 222 valence electrons. The van der Waals surface area contributed by atoms with E-state index in [2.05, 4.69) is 38.2 Å². The van der Waals surface area contributed by atoms with Crippen LogP contribution in [0.4, 0.5) is 0 Å². The second kappa shape index (κ2) is 26.3. The van der Waals surface area contributed by atoms with Gasteiger partial charge in [0, 0.05) is 12.1 Å². The van der Waals surface area contributed by atoms with Gasteiger partial charge in [-0.1, -0.05) is 115 Å². The lowest BCUT2D eigenvalue weighted by molar-refractivity contribution is -0.671. The molecule has 0 bridgehead atoms. The predicted octanol–water partition coefficient (Wildman–Crippen LogP) is 10.8. The molecule has 0 unspecified atom stereocenters. The van der Waals surface area contributed by atoms with Crippen molar-refractivity contribution in [3.05, 3.63) is 54.4 Å². The molecule has 0 amide bonds. The predicted molar refractivity (Wildman–Crippen MR) is 168 cm³/mol. The van der Waals surface area contributed by atoms with Crippen LogP contribution in [0.3, 0.4) is 0 Å². The number of carbonyl (C=O) groups excluding carboxylic acids is 1. The lowest BCUT2D eigenvalue weighted by Gasteiger charge is -2.18. The Morgan fingerprint density at radius 2 is 1.03 bits per heavy atom. The molecule has 0 spiro atoms. The number of ether oxygens (including phenoxy) is 1. The highest BCUT2D eigenvalue weighted by atomic mass is 16.5. The van der Waals surface area contributed by atoms with Crippen molar-refractivity contribution in [3.8, 4) is 0 Å². The first-order valence-corrected chi connectivity index (χ1v) is 16.6. The highest BCUT2D eigenvalue weighted by molar-refractivity contribution is 5.89. The lowest BCUT2D eigenvalue weighted by atomic mass is 10.0. The zero-order chi connectivity index (χ0) is 28.2. The van der Waals surface area contributed by atoms with Crippen molar-refractivity contribution in [1.82, 2.24) is 0 Å². The van der Waals surface area contributed by atoms with Gasteiger partial charge >= 0.3 is 5.97 Å². The smallest absolute Gasteiger partial charge is 0.338 e. The Morgan fingerprint density at radius 3 is 1.44 bits per heavy atom.